The Morgan fingerprint density at radius 2 is 1.47 bits per heavy atom. The normalized spacial score (nSPS) is 14.8. The van der Waals surface area contributed by atoms with Crippen molar-refractivity contribution in [1.82, 2.24) is 0 Å². The average Bonchev–Trinajstić information content (AvgIpc) is 2.16. The van der Waals surface area contributed by atoms with Gasteiger partial charge in [-0.15, -0.1) is 0 Å². The number of carboxylic acids is 3. The van der Waals surface area contributed by atoms with Crippen molar-refractivity contribution in [2.75, 3.05) is 0 Å². The summed E-state index contributed by atoms with van der Waals surface area (Å²) in [4.78, 5) is 31.3. The molecule has 3 N–H and O–H groups in total. The summed E-state index contributed by atoms with van der Waals surface area (Å²) in [5.74, 6) is -7.85. The lowest BCUT2D eigenvalue weighted by Crippen LogP contribution is -2.21. The zero-order chi connectivity index (χ0) is 11.6. The summed E-state index contributed by atoms with van der Waals surface area (Å²) in [6.07, 6.45) is 0.498. The number of carbonyl (C=O) groups is 3. The third-order valence-corrected chi connectivity index (χ3v) is 1.30. The van der Waals surface area contributed by atoms with Crippen LogP contribution >= 0.6 is 0 Å². The molecule has 1 rings (SSSR count). The second-order valence-corrected chi connectivity index (χ2v) is 2.28. The summed E-state index contributed by atoms with van der Waals surface area (Å²) in [5.41, 5.74) is 0. The molecule has 1 aliphatic heterocycles. The van der Waals surface area contributed by atoms with Crippen molar-refractivity contribution in [3.8, 4) is 0 Å². The molecular formula is C7H4O8. The quantitative estimate of drug-likeness (QED) is 0.566. The Morgan fingerprint density at radius 3 is 1.87 bits per heavy atom. The molecule has 0 atom stereocenters. The summed E-state index contributed by atoms with van der Waals surface area (Å²) < 4.78 is 8.64. The maximum absolute atomic E-state index is 10.5. The molecule has 0 aromatic heterocycles. The first kappa shape index (κ1) is 10.6. The maximum Gasteiger partial charge on any atom is 0.376 e. The number of rotatable bonds is 3. The van der Waals surface area contributed by atoms with Gasteiger partial charge in [0.2, 0.25) is 5.76 Å². The van der Waals surface area contributed by atoms with E-state index in [9.17, 15) is 14.4 Å². The fraction of sp³-hybridized carbons (Fsp3) is 0. The van der Waals surface area contributed by atoms with Gasteiger partial charge in [0, 0.05) is 0 Å². The van der Waals surface area contributed by atoms with Crippen LogP contribution in [-0.4, -0.2) is 33.2 Å². The van der Waals surface area contributed by atoms with Crippen LogP contribution in [0.4, 0.5) is 0 Å². The van der Waals surface area contributed by atoms with Gasteiger partial charge in [0.1, 0.15) is 6.26 Å². The molecule has 1 aliphatic rings. The van der Waals surface area contributed by atoms with Crippen LogP contribution in [0.5, 0.6) is 0 Å². The molecule has 0 saturated heterocycles. The Morgan fingerprint density at radius 1 is 0.933 bits per heavy atom. The highest BCUT2D eigenvalue weighted by molar-refractivity contribution is 5.97. The summed E-state index contributed by atoms with van der Waals surface area (Å²) in [6.45, 7) is 0. The van der Waals surface area contributed by atoms with Crippen molar-refractivity contribution >= 4 is 17.9 Å². The van der Waals surface area contributed by atoms with Crippen molar-refractivity contribution in [3.05, 3.63) is 23.5 Å². The molecule has 0 aromatic rings. The molecule has 0 spiro atoms. The molecule has 0 bridgehead atoms. The van der Waals surface area contributed by atoms with Crippen LogP contribution < -0.4 is 0 Å². The molecule has 0 fully saturated rings. The number of hydrogen-bond acceptors (Lipinski definition) is 5. The molecule has 0 saturated carbocycles. The van der Waals surface area contributed by atoms with E-state index in [1.807, 2.05) is 0 Å². The van der Waals surface area contributed by atoms with Gasteiger partial charge in [-0.25, -0.2) is 14.4 Å². The third-order valence-electron chi connectivity index (χ3n) is 1.30. The van der Waals surface area contributed by atoms with E-state index in [1.165, 1.54) is 0 Å². The molecule has 0 amide bonds. The molecule has 8 nitrogen and oxygen atoms in total. The van der Waals surface area contributed by atoms with Gasteiger partial charge in [-0.2, -0.15) is 0 Å². The summed E-state index contributed by atoms with van der Waals surface area (Å²) in [7, 11) is 0. The SMILES string of the molecule is O=C(O)C1=COC(C(=O)O)=C(C(=O)O)O1. The molecule has 8 heteroatoms. The highest BCUT2D eigenvalue weighted by atomic mass is 16.6. The highest BCUT2D eigenvalue weighted by Gasteiger charge is 2.31. The Kier molecular flexibility index (Phi) is 2.61. The Hall–Kier alpha value is -2.51. The van der Waals surface area contributed by atoms with Crippen LogP contribution in [0, 0.1) is 0 Å². The second-order valence-electron chi connectivity index (χ2n) is 2.28. The lowest BCUT2D eigenvalue weighted by Gasteiger charge is -2.14. The van der Waals surface area contributed by atoms with Gasteiger partial charge in [-0.05, 0) is 0 Å². The first-order valence-corrected chi connectivity index (χ1v) is 3.42. The van der Waals surface area contributed by atoms with Crippen LogP contribution in [0.1, 0.15) is 0 Å². The van der Waals surface area contributed by atoms with E-state index in [0.717, 1.165) is 0 Å². The largest absolute Gasteiger partial charge is 0.475 e. The van der Waals surface area contributed by atoms with Crippen molar-refractivity contribution < 1.29 is 39.2 Å². The van der Waals surface area contributed by atoms with Gasteiger partial charge in [0.15, 0.2) is 0 Å². The number of carboxylic acid groups (broad SMARTS) is 3. The summed E-state index contributed by atoms with van der Waals surface area (Å²) >= 11 is 0. The van der Waals surface area contributed by atoms with Gasteiger partial charge in [-0.1, -0.05) is 0 Å². The minimum Gasteiger partial charge on any atom is -0.475 e. The zero-order valence-electron chi connectivity index (χ0n) is 6.96. The Balaban J connectivity index is 3.06. The molecule has 0 unspecified atom stereocenters. The minimum atomic E-state index is -1.74. The fourth-order valence-electron chi connectivity index (χ4n) is 0.729. The van der Waals surface area contributed by atoms with Crippen LogP contribution in [0.15, 0.2) is 23.5 Å². The van der Waals surface area contributed by atoms with Crippen molar-refractivity contribution in [3.63, 3.8) is 0 Å². The third kappa shape index (κ3) is 2.05. The van der Waals surface area contributed by atoms with E-state index in [1.54, 1.807) is 0 Å². The highest BCUT2D eigenvalue weighted by Crippen LogP contribution is 2.20. The van der Waals surface area contributed by atoms with Gasteiger partial charge in [-0.3, -0.25) is 0 Å². The standard InChI is InChI=1S/C7H4O8/c8-5(9)2-1-14-3(6(10)11)4(15-2)7(12)13/h1H,(H,8,9)(H,10,11)(H,12,13). The van der Waals surface area contributed by atoms with E-state index in [2.05, 4.69) is 9.47 Å². The van der Waals surface area contributed by atoms with Crippen molar-refractivity contribution in [1.29, 1.82) is 0 Å². The predicted octanol–water partition coefficient (Wildman–Crippen LogP) is -0.660. The molecule has 1 heterocycles. The van der Waals surface area contributed by atoms with Crippen LogP contribution in [0.2, 0.25) is 0 Å². The topological polar surface area (TPSA) is 130 Å². The van der Waals surface area contributed by atoms with Crippen LogP contribution in [0.25, 0.3) is 0 Å². The van der Waals surface area contributed by atoms with Gasteiger partial charge in [0.25, 0.3) is 11.5 Å². The minimum absolute atomic E-state index is 0.498. The molecular weight excluding hydrogens is 212 g/mol. The molecule has 0 aliphatic carbocycles. The Bertz CT molecular complexity index is 401. The second kappa shape index (κ2) is 3.70. The van der Waals surface area contributed by atoms with Crippen molar-refractivity contribution in [2.24, 2.45) is 0 Å². The van der Waals surface area contributed by atoms with E-state index < -0.39 is 35.2 Å². The lowest BCUT2D eigenvalue weighted by atomic mass is 10.3. The smallest absolute Gasteiger partial charge is 0.376 e. The predicted molar refractivity (Wildman–Crippen MR) is 40.2 cm³/mol. The summed E-state index contributed by atoms with van der Waals surface area (Å²) in [5, 5.41) is 25.4. The van der Waals surface area contributed by atoms with E-state index >= 15 is 0 Å². The molecule has 0 radical (unpaired) electrons. The number of aliphatic carboxylic acids is 3. The number of hydrogen-bond donors (Lipinski definition) is 3. The average molecular weight is 216 g/mol. The van der Waals surface area contributed by atoms with Gasteiger partial charge in [0.05, 0.1) is 0 Å². The van der Waals surface area contributed by atoms with E-state index in [-0.39, 0.29) is 0 Å². The number of ether oxygens (including phenoxy) is 2. The molecule has 15 heavy (non-hydrogen) atoms. The first-order valence-electron chi connectivity index (χ1n) is 3.42. The van der Waals surface area contributed by atoms with E-state index in [0.29, 0.717) is 6.26 Å². The fourth-order valence-corrected chi connectivity index (χ4v) is 0.729. The van der Waals surface area contributed by atoms with E-state index in [4.69, 9.17) is 15.3 Å². The van der Waals surface area contributed by atoms with Gasteiger partial charge >= 0.3 is 17.9 Å². The first-order chi connectivity index (χ1) is 6.93. The molecule has 0 aromatic carbocycles. The van der Waals surface area contributed by atoms with Gasteiger partial charge < -0.3 is 24.8 Å². The monoisotopic (exact) mass is 216 g/mol. The van der Waals surface area contributed by atoms with Crippen molar-refractivity contribution in [2.45, 2.75) is 0 Å². The van der Waals surface area contributed by atoms with Crippen LogP contribution in [-0.2, 0) is 23.9 Å². The zero-order valence-corrected chi connectivity index (χ0v) is 6.96. The Labute approximate surface area is 81.6 Å². The van der Waals surface area contributed by atoms with Crippen LogP contribution in [0.3, 0.4) is 0 Å². The summed E-state index contributed by atoms with van der Waals surface area (Å²) in [6, 6.07) is 0. The lowest BCUT2D eigenvalue weighted by molar-refractivity contribution is -0.144. The maximum atomic E-state index is 10.5. The molecule has 80 valence electrons.